The fourth-order valence-electron chi connectivity index (χ4n) is 8.06. The highest BCUT2D eigenvalue weighted by atomic mass is 16.6. The maximum absolute atomic E-state index is 12.8. The van der Waals surface area contributed by atoms with E-state index in [1.165, 1.54) is 186 Å². The molecule has 0 aromatic heterocycles. The minimum Gasteiger partial charge on any atom is -0.462 e. The molecule has 0 bridgehead atoms. The van der Waals surface area contributed by atoms with Crippen LogP contribution in [-0.2, 0) is 28.6 Å². The van der Waals surface area contributed by atoms with E-state index in [2.05, 4.69) is 45.1 Å². The van der Waals surface area contributed by atoms with Crippen molar-refractivity contribution in [2.75, 3.05) is 13.2 Å². The molecule has 0 saturated heterocycles. The summed E-state index contributed by atoms with van der Waals surface area (Å²) in [6.07, 6.45) is 58.7. The van der Waals surface area contributed by atoms with E-state index >= 15 is 0 Å². The molecule has 0 N–H and O–H groups in total. The van der Waals surface area contributed by atoms with Crippen LogP contribution in [0, 0.1) is 0 Å². The quantitative estimate of drug-likeness (QED) is 0.0262. The number of ether oxygens (including phenoxy) is 3. The Kier molecular flexibility index (Phi) is 49.8. The van der Waals surface area contributed by atoms with Crippen molar-refractivity contribution in [1.29, 1.82) is 0 Å². The molecule has 6 heteroatoms. The van der Waals surface area contributed by atoms with Crippen LogP contribution in [0.4, 0.5) is 0 Å². The molecular formula is C56H104O6. The first-order valence-corrected chi connectivity index (χ1v) is 27.3. The van der Waals surface area contributed by atoms with E-state index in [0.717, 1.165) is 70.6 Å². The monoisotopic (exact) mass is 873 g/mol. The molecular weight excluding hydrogens is 769 g/mol. The zero-order valence-corrected chi connectivity index (χ0v) is 41.7. The van der Waals surface area contributed by atoms with Gasteiger partial charge in [-0.15, -0.1) is 0 Å². The van der Waals surface area contributed by atoms with Crippen molar-refractivity contribution >= 4 is 17.9 Å². The van der Waals surface area contributed by atoms with Crippen LogP contribution >= 0.6 is 0 Å². The molecule has 0 aliphatic rings. The highest BCUT2D eigenvalue weighted by molar-refractivity contribution is 5.71. The molecule has 0 saturated carbocycles. The summed E-state index contributed by atoms with van der Waals surface area (Å²) in [5.41, 5.74) is 0. The van der Waals surface area contributed by atoms with Gasteiger partial charge in [-0.2, -0.15) is 0 Å². The summed E-state index contributed by atoms with van der Waals surface area (Å²) in [5.74, 6) is -0.859. The zero-order valence-electron chi connectivity index (χ0n) is 41.7. The van der Waals surface area contributed by atoms with Gasteiger partial charge in [0.1, 0.15) is 13.2 Å². The molecule has 364 valence electrons. The summed E-state index contributed by atoms with van der Waals surface area (Å²) in [6.45, 7) is 6.64. The lowest BCUT2D eigenvalue weighted by Crippen LogP contribution is -2.30. The third-order valence-electron chi connectivity index (χ3n) is 12.2. The van der Waals surface area contributed by atoms with Crippen LogP contribution in [0.1, 0.15) is 297 Å². The van der Waals surface area contributed by atoms with Gasteiger partial charge in [-0.3, -0.25) is 14.4 Å². The van der Waals surface area contributed by atoms with Crippen LogP contribution in [0.25, 0.3) is 0 Å². The molecule has 0 heterocycles. The Morgan fingerprint density at radius 2 is 0.581 bits per heavy atom. The number of esters is 3. The molecule has 1 atom stereocenters. The van der Waals surface area contributed by atoms with Gasteiger partial charge >= 0.3 is 17.9 Å². The normalized spacial score (nSPS) is 12.1. The Hall–Kier alpha value is -2.11. The van der Waals surface area contributed by atoms with Crippen LogP contribution in [-0.4, -0.2) is 37.2 Å². The van der Waals surface area contributed by atoms with Crippen molar-refractivity contribution in [2.45, 2.75) is 303 Å². The standard InChI is InChI=1S/C56H104O6/c1-4-7-10-13-16-19-22-25-27-28-30-32-35-37-40-43-46-49-55(58)61-52-53(62-56(59)50-47-44-41-38-33-24-21-18-15-12-9-6-3)51-60-54(57)48-45-42-39-36-34-31-29-26-23-20-17-14-11-8-5-2/h16,19,25,27,53H,4-15,17-18,20-24,26,28-52H2,1-3H3/b19-16-,27-25-/t53-/m0/s1. The fourth-order valence-corrected chi connectivity index (χ4v) is 8.06. The van der Waals surface area contributed by atoms with E-state index < -0.39 is 6.10 Å². The third-order valence-corrected chi connectivity index (χ3v) is 12.2. The minimum atomic E-state index is -0.768. The molecule has 0 aromatic rings. The summed E-state index contributed by atoms with van der Waals surface area (Å²) >= 11 is 0. The van der Waals surface area contributed by atoms with Crippen molar-refractivity contribution in [1.82, 2.24) is 0 Å². The molecule has 0 aliphatic heterocycles. The van der Waals surface area contributed by atoms with Crippen molar-refractivity contribution in [2.24, 2.45) is 0 Å². The molecule has 0 amide bonds. The van der Waals surface area contributed by atoms with Crippen LogP contribution in [0.5, 0.6) is 0 Å². The predicted octanol–water partition coefficient (Wildman–Crippen LogP) is 17.9. The van der Waals surface area contributed by atoms with Gasteiger partial charge in [0.2, 0.25) is 0 Å². The van der Waals surface area contributed by atoms with Crippen LogP contribution in [0.3, 0.4) is 0 Å². The summed E-state index contributed by atoms with van der Waals surface area (Å²) < 4.78 is 16.8. The number of hydrogen-bond donors (Lipinski definition) is 0. The SMILES string of the molecule is CCCCC/C=C\C/C=C\CCCCCCCCCC(=O)OC[C@H](COC(=O)CCCCCCCCCCCCCCCCC)OC(=O)CCCCCCCCCCCCCC. The second-order valence-corrected chi connectivity index (χ2v) is 18.5. The largest absolute Gasteiger partial charge is 0.462 e. The average Bonchev–Trinajstić information content (AvgIpc) is 3.27. The van der Waals surface area contributed by atoms with Gasteiger partial charge in [0.05, 0.1) is 0 Å². The summed E-state index contributed by atoms with van der Waals surface area (Å²) in [4.78, 5) is 38.0. The Bertz CT molecular complexity index is 1000. The molecule has 0 aliphatic carbocycles. The third kappa shape index (κ3) is 48.9. The van der Waals surface area contributed by atoms with Crippen LogP contribution in [0.2, 0.25) is 0 Å². The summed E-state index contributed by atoms with van der Waals surface area (Å²) in [6, 6.07) is 0. The first kappa shape index (κ1) is 59.9. The lowest BCUT2D eigenvalue weighted by Gasteiger charge is -2.18. The van der Waals surface area contributed by atoms with Crippen molar-refractivity contribution in [3.63, 3.8) is 0 Å². The first-order valence-electron chi connectivity index (χ1n) is 27.3. The maximum atomic E-state index is 12.8. The van der Waals surface area contributed by atoms with Gasteiger partial charge in [0.25, 0.3) is 0 Å². The van der Waals surface area contributed by atoms with Gasteiger partial charge in [0, 0.05) is 19.3 Å². The molecule has 0 aromatic carbocycles. The second-order valence-electron chi connectivity index (χ2n) is 18.5. The smallest absolute Gasteiger partial charge is 0.306 e. The van der Waals surface area contributed by atoms with Crippen molar-refractivity contribution in [3.05, 3.63) is 24.3 Å². The van der Waals surface area contributed by atoms with E-state index in [-0.39, 0.29) is 31.1 Å². The summed E-state index contributed by atoms with van der Waals surface area (Å²) in [7, 11) is 0. The number of hydrogen-bond acceptors (Lipinski definition) is 6. The number of allylic oxidation sites excluding steroid dienone is 4. The highest BCUT2D eigenvalue weighted by Gasteiger charge is 2.19. The Labute approximate surface area is 385 Å². The minimum absolute atomic E-state index is 0.0685. The number of rotatable bonds is 50. The Morgan fingerprint density at radius 3 is 0.919 bits per heavy atom. The first-order chi connectivity index (χ1) is 30.5. The van der Waals surface area contributed by atoms with Gasteiger partial charge in [-0.1, -0.05) is 251 Å². The fraction of sp³-hybridized carbons (Fsp3) is 0.875. The van der Waals surface area contributed by atoms with Crippen LogP contribution in [0.15, 0.2) is 24.3 Å². The van der Waals surface area contributed by atoms with Gasteiger partial charge < -0.3 is 14.2 Å². The molecule has 0 fully saturated rings. The van der Waals surface area contributed by atoms with Gasteiger partial charge in [0.15, 0.2) is 6.10 Å². The maximum Gasteiger partial charge on any atom is 0.306 e. The van der Waals surface area contributed by atoms with Gasteiger partial charge in [-0.25, -0.2) is 0 Å². The molecule has 0 unspecified atom stereocenters. The summed E-state index contributed by atoms with van der Waals surface area (Å²) in [5, 5.41) is 0. The highest BCUT2D eigenvalue weighted by Crippen LogP contribution is 2.16. The lowest BCUT2D eigenvalue weighted by atomic mass is 10.0. The predicted molar refractivity (Wildman–Crippen MR) is 266 cm³/mol. The van der Waals surface area contributed by atoms with E-state index in [4.69, 9.17) is 14.2 Å². The molecule has 0 spiro atoms. The van der Waals surface area contributed by atoms with Crippen LogP contribution < -0.4 is 0 Å². The average molecular weight is 873 g/mol. The lowest BCUT2D eigenvalue weighted by molar-refractivity contribution is -0.167. The Balaban J connectivity index is 4.32. The van der Waals surface area contributed by atoms with Crippen molar-refractivity contribution in [3.8, 4) is 0 Å². The topological polar surface area (TPSA) is 78.9 Å². The number of carbonyl (C=O) groups excluding carboxylic acids is 3. The van der Waals surface area contributed by atoms with E-state index in [0.29, 0.717) is 19.3 Å². The molecule has 0 radical (unpaired) electrons. The van der Waals surface area contributed by atoms with E-state index in [1.54, 1.807) is 0 Å². The van der Waals surface area contributed by atoms with Crippen molar-refractivity contribution < 1.29 is 28.6 Å². The number of carbonyl (C=O) groups is 3. The van der Waals surface area contributed by atoms with E-state index in [9.17, 15) is 14.4 Å². The second kappa shape index (κ2) is 51.5. The molecule has 0 rings (SSSR count). The number of unbranched alkanes of at least 4 members (excludes halogenated alkanes) is 35. The molecule has 6 nitrogen and oxygen atoms in total. The molecule has 62 heavy (non-hydrogen) atoms. The van der Waals surface area contributed by atoms with E-state index in [1.807, 2.05) is 0 Å². The Morgan fingerprint density at radius 1 is 0.323 bits per heavy atom. The zero-order chi connectivity index (χ0) is 45.1. The van der Waals surface area contributed by atoms with Gasteiger partial charge in [-0.05, 0) is 51.4 Å².